The number of hydrogen-bond donors (Lipinski definition) is 2. The summed E-state index contributed by atoms with van der Waals surface area (Å²) in [7, 11) is 0. The molecule has 1 atom stereocenters. The predicted octanol–water partition coefficient (Wildman–Crippen LogP) is 2.40. The van der Waals surface area contributed by atoms with Crippen molar-refractivity contribution >= 4 is 23.0 Å². The fourth-order valence-electron chi connectivity index (χ4n) is 4.44. The summed E-state index contributed by atoms with van der Waals surface area (Å²) < 4.78 is 5.92. The number of benzene rings is 1. The molecule has 158 valence electrons. The lowest BCUT2D eigenvalue weighted by Gasteiger charge is -2.42. The molecular formula is C22H32N4O3. The zero-order chi connectivity index (χ0) is 20.4. The number of anilines is 1. The fourth-order valence-corrected chi connectivity index (χ4v) is 4.44. The molecule has 2 N–H and O–H groups in total. The number of fused-ring (bicyclic) bond motifs is 1. The normalized spacial score (nSPS) is 22.2. The van der Waals surface area contributed by atoms with Gasteiger partial charge in [-0.25, -0.2) is 0 Å². The SMILES string of the molecule is CC(C)(CO)NC(=O)C1CCCN(C2CCN(c3nc4ccccc4o3)CC2)C1. The molecule has 2 fully saturated rings. The van der Waals surface area contributed by atoms with Gasteiger partial charge in [-0.3, -0.25) is 9.69 Å². The van der Waals surface area contributed by atoms with Gasteiger partial charge in [-0.05, 0) is 58.2 Å². The van der Waals surface area contributed by atoms with Crippen LogP contribution < -0.4 is 10.2 Å². The number of likely N-dealkylation sites (tertiary alicyclic amines) is 1. The highest BCUT2D eigenvalue weighted by Gasteiger charge is 2.33. The van der Waals surface area contributed by atoms with Gasteiger partial charge in [-0.15, -0.1) is 0 Å². The number of aliphatic hydroxyl groups is 1. The predicted molar refractivity (Wildman–Crippen MR) is 113 cm³/mol. The van der Waals surface area contributed by atoms with Crippen molar-refractivity contribution in [2.75, 3.05) is 37.7 Å². The average Bonchev–Trinajstić information content (AvgIpc) is 3.18. The molecule has 0 saturated carbocycles. The average molecular weight is 401 g/mol. The van der Waals surface area contributed by atoms with Crippen molar-refractivity contribution in [3.63, 3.8) is 0 Å². The van der Waals surface area contributed by atoms with Gasteiger partial charge in [-0.2, -0.15) is 4.98 Å². The van der Waals surface area contributed by atoms with E-state index < -0.39 is 5.54 Å². The monoisotopic (exact) mass is 400 g/mol. The van der Waals surface area contributed by atoms with Crippen molar-refractivity contribution in [2.24, 2.45) is 5.92 Å². The van der Waals surface area contributed by atoms with Gasteiger partial charge in [0.25, 0.3) is 6.01 Å². The molecule has 7 heteroatoms. The summed E-state index contributed by atoms with van der Waals surface area (Å²) in [5.74, 6) is 0.0716. The van der Waals surface area contributed by atoms with Crippen molar-refractivity contribution in [2.45, 2.75) is 51.1 Å². The van der Waals surface area contributed by atoms with Crippen LogP contribution >= 0.6 is 0 Å². The number of piperidine rings is 2. The number of oxazole rings is 1. The largest absolute Gasteiger partial charge is 0.423 e. The molecule has 2 aliphatic heterocycles. The first kappa shape index (κ1) is 20.2. The third kappa shape index (κ3) is 4.56. The van der Waals surface area contributed by atoms with Crippen LogP contribution in [-0.4, -0.2) is 65.3 Å². The first-order chi connectivity index (χ1) is 13.9. The minimum absolute atomic E-state index is 0.00430. The van der Waals surface area contributed by atoms with Gasteiger partial charge < -0.3 is 19.7 Å². The second-order valence-corrected chi connectivity index (χ2v) is 9.05. The van der Waals surface area contributed by atoms with Crippen molar-refractivity contribution in [3.05, 3.63) is 24.3 Å². The summed E-state index contributed by atoms with van der Waals surface area (Å²) in [6.45, 7) is 7.36. The molecule has 2 aromatic rings. The molecule has 1 unspecified atom stereocenters. The molecule has 2 aliphatic rings. The number of nitrogens with one attached hydrogen (secondary N) is 1. The Hall–Kier alpha value is -2.12. The van der Waals surface area contributed by atoms with E-state index >= 15 is 0 Å². The summed E-state index contributed by atoms with van der Waals surface area (Å²) >= 11 is 0. The van der Waals surface area contributed by atoms with Gasteiger partial charge >= 0.3 is 0 Å². The summed E-state index contributed by atoms with van der Waals surface area (Å²) in [4.78, 5) is 22.0. The molecule has 3 heterocycles. The van der Waals surface area contributed by atoms with Crippen molar-refractivity contribution in [1.82, 2.24) is 15.2 Å². The zero-order valence-electron chi connectivity index (χ0n) is 17.4. The van der Waals surface area contributed by atoms with Crippen LogP contribution in [0.2, 0.25) is 0 Å². The van der Waals surface area contributed by atoms with Gasteiger partial charge in [0.1, 0.15) is 5.52 Å². The number of amides is 1. The smallest absolute Gasteiger partial charge is 0.298 e. The number of para-hydroxylation sites is 2. The molecule has 1 aromatic carbocycles. The van der Waals surface area contributed by atoms with Crippen LogP contribution in [0.1, 0.15) is 39.5 Å². The second-order valence-electron chi connectivity index (χ2n) is 9.05. The fraction of sp³-hybridized carbons (Fsp3) is 0.636. The van der Waals surface area contributed by atoms with Crippen LogP contribution in [0.15, 0.2) is 28.7 Å². The lowest BCUT2D eigenvalue weighted by Crippen LogP contribution is -2.54. The van der Waals surface area contributed by atoms with E-state index in [9.17, 15) is 9.90 Å². The zero-order valence-corrected chi connectivity index (χ0v) is 17.4. The Morgan fingerprint density at radius 3 is 2.72 bits per heavy atom. The molecule has 0 spiro atoms. The van der Waals surface area contributed by atoms with E-state index in [2.05, 4.69) is 20.1 Å². The quantitative estimate of drug-likeness (QED) is 0.802. The summed E-state index contributed by atoms with van der Waals surface area (Å²) in [5, 5.41) is 12.4. The van der Waals surface area contributed by atoms with E-state index in [0.29, 0.717) is 12.1 Å². The molecule has 0 aliphatic carbocycles. The highest BCUT2D eigenvalue weighted by Crippen LogP contribution is 2.28. The van der Waals surface area contributed by atoms with E-state index in [1.165, 1.54) is 0 Å². The summed E-state index contributed by atoms with van der Waals surface area (Å²) in [5.41, 5.74) is 1.17. The molecule has 0 radical (unpaired) electrons. The molecule has 4 rings (SSSR count). The maximum absolute atomic E-state index is 12.6. The van der Waals surface area contributed by atoms with E-state index in [0.717, 1.165) is 63.0 Å². The molecule has 2 saturated heterocycles. The molecular weight excluding hydrogens is 368 g/mol. The van der Waals surface area contributed by atoms with Crippen LogP contribution in [0.25, 0.3) is 11.1 Å². The Kier molecular flexibility index (Phi) is 5.79. The number of aliphatic hydroxyl groups excluding tert-OH is 1. The van der Waals surface area contributed by atoms with Crippen LogP contribution in [-0.2, 0) is 4.79 Å². The van der Waals surface area contributed by atoms with Crippen molar-refractivity contribution < 1.29 is 14.3 Å². The lowest BCUT2D eigenvalue weighted by molar-refractivity contribution is -0.129. The number of aromatic nitrogens is 1. The van der Waals surface area contributed by atoms with Gasteiger partial charge in [0, 0.05) is 25.7 Å². The van der Waals surface area contributed by atoms with E-state index in [-0.39, 0.29) is 18.4 Å². The van der Waals surface area contributed by atoms with Crippen LogP contribution in [0.5, 0.6) is 0 Å². The standard InChI is InChI=1S/C22H32N4O3/c1-22(2,15-27)24-20(28)16-6-5-11-26(14-16)17-9-12-25(13-10-17)21-23-18-7-3-4-8-19(18)29-21/h3-4,7-8,16-17,27H,5-6,9-15H2,1-2H3,(H,24,28). The highest BCUT2D eigenvalue weighted by molar-refractivity contribution is 5.79. The first-order valence-corrected chi connectivity index (χ1v) is 10.7. The number of carbonyl (C=O) groups excluding carboxylic acids is 1. The Balaban J connectivity index is 1.32. The van der Waals surface area contributed by atoms with E-state index in [1.54, 1.807) is 0 Å². The maximum Gasteiger partial charge on any atom is 0.298 e. The number of carbonyl (C=O) groups is 1. The third-order valence-corrected chi connectivity index (χ3v) is 6.21. The van der Waals surface area contributed by atoms with E-state index in [1.807, 2.05) is 38.1 Å². The van der Waals surface area contributed by atoms with Gasteiger partial charge in [-0.1, -0.05) is 12.1 Å². The van der Waals surface area contributed by atoms with Crippen LogP contribution in [0.4, 0.5) is 6.01 Å². The summed E-state index contributed by atoms with van der Waals surface area (Å²) in [6.07, 6.45) is 4.07. The topological polar surface area (TPSA) is 81.8 Å². The van der Waals surface area contributed by atoms with Crippen molar-refractivity contribution in [3.8, 4) is 0 Å². The number of nitrogens with zero attached hydrogens (tertiary/aromatic N) is 3. The van der Waals surface area contributed by atoms with Gasteiger partial charge in [0.05, 0.1) is 18.1 Å². The Morgan fingerprint density at radius 2 is 2.00 bits per heavy atom. The Morgan fingerprint density at radius 1 is 1.24 bits per heavy atom. The molecule has 7 nitrogen and oxygen atoms in total. The minimum Gasteiger partial charge on any atom is -0.423 e. The molecule has 0 bridgehead atoms. The van der Waals surface area contributed by atoms with Crippen LogP contribution in [0.3, 0.4) is 0 Å². The maximum atomic E-state index is 12.6. The Labute approximate surface area is 172 Å². The molecule has 29 heavy (non-hydrogen) atoms. The van der Waals surface area contributed by atoms with Crippen LogP contribution in [0, 0.1) is 5.92 Å². The summed E-state index contributed by atoms with van der Waals surface area (Å²) in [6, 6.07) is 9.09. The minimum atomic E-state index is -0.565. The number of rotatable bonds is 5. The van der Waals surface area contributed by atoms with Crippen molar-refractivity contribution in [1.29, 1.82) is 0 Å². The van der Waals surface area contributed by atoms with E-state index in [4.69, 9.17) is 4.42 Å². The number of hydrogen-bond acceptors (Lipinski definition) is 6. The lowest BCUT2D eigenvalue weighted by atomic mass is 9.92. The molecule has 1 aromatic heterocycles. The Bertz CT molecular complexity index is 808. The third-order valence-electron chi connectivity index (χ3n) is 6.21. The van der Waals surface area contributed by atoms with Gasteiger partial charge in [0.15, 0.2) is 5.58 Å². The second kappa shape index (κ2) is 8.32. The highest BCUT2D eigenvalue weighted by atomic mass is 16.4. The molecule has 1 amide bonds. The first-order valence-electron chi connectivity index (χ1n) is 10.7. The van der Waals surface area contributed by atoms with Gasteiger partial charge in [0.2, 0.25) is 5.91 Å².